The maximum Gasteiger partial charge on any atom is 0.205 e. The number of hydrogen-bond donors (Lipinski definition) is 4. The molecule has 0 heterocycles. The van der Waals surface area contributed by atoms with E-state index in [-0.39, 0.29) is 0 Å². The quantitative estimate of drug-likeness (QED) is 0.283. The molecule has 0 aliphatic carbocycles. The van der Waals surface area contributed by atoms with Crippen LogP contribution < -0.4 is 5.73 Å². The van der Waals surface area contributed by atoms with E-state index >= 15 is 0 Å². The molecule has 0 aliphatic heterocycles. The van der Waals surface area contributed by atoms with E-state index in [1.165, 1.54) is 0 Å². The monoisotopic (exact) mass is 193 g/mol. The fraction of sp³-hybridized carbons (Fsp3) is 0. The highest BCUT2D eigenvalue weighted by Crippen LogP contribution is 2.45. The van der Waals surface area contributed by atoms with Crippen molar-refractivity contribution < 1.29 is 19.7 Å². The molecule has 4 nitrogen and oxygen atoms in total. The molecule has 1 aromatic rings. The SMILES string of the molecule is Nc1c(F)c(O)c(O)c(O)c1Cl. The van der Waals surface area contributed by atoms with Crippen molar-refractivity contribution in [1.29, 1.82) is 0 Å². The largest absolute Gasteiger partial charge is 0.503 e. The van der Waals surface area contributed by atoms with Gasteiger partial charge in [-0.15, -0.1) is 0 Å². The van der Waals surface area contributed by atoms with Gasteiger partial charge in [0.25, 0.3) is 0 Å². The van der Waals surface area contributed by atoms with Crippen LogP contribution in [0.2, 0.25) is 5.02 Å². The Bertz CT molecular complexity index is 237. The summed E-state index contributed by atoms with van der Waals surface area (Å²) in [6.07, 6.45) is 0. The second kappa shape index (κ2) is 2.60. The number of benzene rings is 1. The molecular formula is C6H5ClFNO3. The van der Waals surface area contributed by atoms with Crippen LogP contribution in [0.3, 0.4) is 0 Å². The van der Waals surface area contributed by atoms with Crippen LogP contribution in [0.4, 0.5) is 10.1 Å². The summed E-state index contributed by atoms with van der Waals surface area (Å²) >= 11 is 5.27. The lowest BCUT2D eigenvalue weighted by atomic mass is 10.2. The minimum Gasteiger partial charge on any atom is -0.503 e. The Morgan fingerprint density at radius 3 is 2.08 bits per heavy atom. The minimum atomic E-state index is -1.25. The van der Waals surface area contributed by atoms with Gasteiger partial charge in [0.05, 0.1) is 5.69 Å². The van der Waals surface area contributed by atoms with E-state index in [4.69, 9.17) is 32.7 Å². The van der Waals surface area contributed by atoms with E-state index in [2.05, 4.69) is 0 Å². The highest BCUT2D eigenvalue weighted by Gasteiger charge is 2.20. The maximum atomic E-state index is 12.7. The van der Waals surface area contributed by atoms with Crippen molar-refractivity contribution in [2.24, 2.45) is 0 Å². The van der Waals surface area contributed by atoms with Gasteiger partial charge < -0.3 is 21.1 Å². The summed E-state index contributed by atoms with van der Waals surface area (Å²) in [5.74, 6) is -4.23. The molecule has 0 amide bonds. The van der Waals surface area contributed by atoms with E-state index in [0.717, 1.165) is 0 Å². The van der Waals surface area contributed by atoms with E-state index < -0.39 is 33.8 Å². The molecule has 0 bridgehead atoms. The molecule has 66 valence electrons. The molecule has 12 heavy (non-hydrogen) atoms. The van der Waals surface area contributed by atoms with Crippen molar-refractivity contribution in [3.63, 3.8) is 0 Å². The fourth-order valence-electron chi connectivity index (χ4n) is 0.672. The Labute approximate surface area is 71.6 Å². The topological polar surface area (TPSA) is 86.7 Å². The number of nitrogens with two attached hydrogens (primary N) is 1. The third-order valence-electron chi connectivity index (χ3n) is 1.34. The summed E-state index contributed by atoms with van der Waals surface area (Å²) in [6, 6.07) is 0. The summed E-state index contributed by atoms with van der Waals surface area (Å²) in [5, 5.41) is 26.0. The molecule has 0 fully saturated rings. The number of anilines is 1. The lowest BCUT2D eigenvalue weighted by Gasteiger charge is -2.06. The maximum absolute atomic E-state index is 12.7. The molecule has 0 atom stereocenters. The van der Waals surface area contributed by atoms with Crippen molar-refractivity contribution in [3.05, 3.63) is 10.8 Å². The molecule has 0 aliphatic rings. The zero-order valence-electron chi connectivity index (χ0n) is 5.67. The predicted molar refractivity (Wildman–Crippen MR) is 40.8 cm³/mol. The van der Waals surface area contributed by atoms with Crippen LogP contribution in [-0.2, 0) is 0 Å². The van der Waals surface area contributed by atoms with Crippen LogP contribution in [0.5, 0.6) is 17.2 Å². The molecular weight excluding hydrogens is 189 g/mol. The third kappa shape index (κ3) is 0.984. The van der Waals surface area contributed by atoms with Gasteiger partial charge in [0.1, 0.15) is 5.02 Å². The van der Waals surface area contributed by atoms with Gasteiger partial charge in [0.15, 0.2) is 17.3 Å². The van der Waals surface area contributed by atoms with Crippen LogP contribution in [0.1, 0.15) is 0 Å². The molecule has 0 saturated heterocycles. The third-order valence-corrected chi connectivity index (χ3v) is 1.72. The summed E-state index contributed by atoms with van der Waals surface area (Å²) < 4.78 is 12.7. The normalized spacial score (nSPS) is 10.2. The van der Waals surface area contributed by atoms with E-state index in [1.54, 1.807) is 0 Å². The van der Waals surface area contributed by atoms with Crippen molar-refractivity contribution in [3.8, 4) is 17.2 Å². The Morgan fingerprint density at radius 2 is 1.58 bits per heavy atom. The van der Waals surface area contributed by atoms with E-state index in [9.17, 15) is 4.39 Å². The molecule has 0 radical (unpaired) electrons. The second-order valence-corrected chi connectivity index (χ2v) is 2.47. The van der Waals surface area contributed by atoms with Crippen molar-refractivity contribution in [2.75, 3.05) is 5.73 Å². The van der Waals surface area contributed by atoms with Gasteiger partial charge in [-0.1, -0.05) is 11.6 Å². The van der Waals surface area contributed by atoms with Crippen LogP contribution in [0.15, 0.2) is 0 Å². The second-order valence-electron chi connectivity index (χ2n) is 2.09. The number of phenols is 3. The summed E-state index contributed by atoms with van der Waals surface area (Å²) in [5.41, 5.74) is 4.41. The smallest absolute Gasteiger partial charge is 0.205 e. The van der Waals surface area contributed by atoms with E-state index in [0.29, 0.717) is 0 Å². The molecule has 5 N–H and O–H groups in total. The Kier molecular flexibility index (Phi) is 1.89. The zero-order valence-corrected chi connectivity index (χ0v) is 6.43. The summed E-state index contributed by atoms with van der Waals surface area (Å²) in [4.78, 5) is 0. The first-order valence-electron chi connectivity index (χ1n) is 2.84. The molecule has 0 aromatic heterocycles. The number of halogens is 2. The molecule has 1 rings (SSSR count). The lowest BCUT2D eigenvalue weighted by Crippen LogP contribution is -1.93. The van der Waals surface area contributed by atoms with Crippen LogP contribution in [-0.4, -0.2) is 15.3 Å². The average Bonchev–Trinajstić information content (AvgIpc) is 2.08. The first-order chi connectivity index (χ1) is 5.46. The van der Waals surface area contributed by atoms with Gasteiger partial charge in [-0.2, -0.15) is 0 Å². The Balaban J connectivity index is 3.60. The van der Waals surface area contributed by atoms with Crippen LogP contribution in [0.25, 0.3) is 0 Å². The minimum absolute atomic E-state index is 0.525. The number of aromatic hydroxyl groups is 3. The number of nitrogen functional groups attached to an aromatic ring is 1. The first-order valence-corrected chi connectivity index (χ1v) is 3.22. The molecule has 6 heteroatoms. The van der Waals surface area contributed by atoms with Gasteiger partial charge in [0.2, 0.25) is 5.75 Å². The lowest BCUT2D eigenvalue weighted by molar-refractivity contribution is 0.353. The number of phenolic OH excluding ortho intramolecular Hbond substituents is 3. The first kappa shape index (κ1) is 8.73. The van der Waals surface area contributed by atoms with Gasteiger partial charge in [-0.3, -0.25) is 0 Å². The predicted octanol–water partition coefficient (Wildman–Crippen LogP) is 1.18. The number of hydrogen-bond acceptors (Lipinski definition) is 4. The molecule has 0 saturated carbocycles. The summed E-state index contributed by atoms with van der Waals surface area (Å²) in [6.45, 7) is 0. The van der Waals surface area contributed by atoms with Crippen LogP contribution >= 0.6 is 11.6 Å². The van der Waals surface area contributed by atoms with Crippen LogP contribution in [0, 0.1) is 5.82 Å². The average molecular weight is 194 g/mol. The number of rotatable bonds is 0. The zero-order chi connectivity index (χ0) is 9.46. The Hall–Kier alpha value is -1.36. The van der Waals surface area contributed by atoms with E-state index in [1.807, 2.05) is 0 Å². The molecule has 1 aromatic carbocycles. The van der Waals surface area contributed by atoms with Gasteiger partial charge in [-0.25, -0.2) is 4.39 Å². The van der Waals surface area contributed by atoms with Crippen molar-refractivity contribution in [2.45, 2.75) is 0 Å². The fourth-order valence-corrected chi connectivity index (χ4v) is 0.844. The van der Waals surface area contributed by atoms with Crippen molar-refractivity contribution >= 4 is 17.3 Å². The van der Waals surface area contributed by atoms with Gasteiger partial charge in [-0.05, 0) is 0 Å². The molecule has 0 spiro atoms. The highest BCUT2D eigenvalue weighted by atomic mass is 35.5. The standard InChI is InChI=1S/C6H5ClFNO3/c7-1-3(9)2(8)5(11)6(12)4(1)10/h10-12H,9H2. The highest BCUT2D eigenvalue weighted by molar-refractivity contribution is 6.34. The summed E-state index contributed by atoms with van der Waals surface area (Å²) in [7, 11) is 0. The van der Waals surface area contributed by atoms with Gasteiger partial charge in [0, 0.05) is 0 Å². The van der Waals surface area contributed by atoms with Gasteiger partial charge >= 0.3 is 0 Å². The molecule has 0 unspecified atom stereocenters. The van der Waals surface area contributed by atoms with Crippen molar-refractivity contribution in [1.82, 2.24) is 0 Å². The Morgan fingerprint density at radius 1 is 1.08 bits per heavy atom.